The van der Waals surface area contributed by atoms with Crippen molar-refractivity contribution in [3.8, 4) is 0 Å². The molecule has 7 heteroatoms. The predicted molar refractivity (Wildman–Crippen MR) is 74.9 cm³/mol. The van der Waals surface area contributed by atoms with Gasteiger partial charge in [-0.3, -0.25) is 14.9 Å². The van der Waals surface area contributed by atoms with E-state index in [0.717, 1.165) is 6.07 Å². The van der Waals surface area contributed by atoms with Crippen molar-refractivity contribution in [2.45, 2.75) is 6.92 Å². The molecule has 0 atom stereocenters. The molecule has 0 bridgehead atoms. The lowest BCUT2D eigenvalue weighted by Crippen LogP contribution is -2.30. The Morgan fingerprint density at radius 3 is 2.63 bits per heavy atom. The van der Waals surface area contributed by atoms with E-state index < -0.39 is 4.92 Å². The lowest BCUT2D eigenvalue weighted by atomic mass is 10.1. The Balaban J connectivity index is 3.24. The van der Waals surface area contributed by atoms with E-state index in [1.54, 1.807) is 13.0 Å². The van der Waals surface area contributed by atoms with Crippen LogP contribution in [-0.4, -0.2) is 28.8 Å². The molecule has 1 rings (SSSR count). The molecule has 0 aliphatic heterocycles. The molecule has 0 spiro atoms. The monoisotopic (exact) mass is 302 g/mol. The van der Waals surface area contributed by atoms with E-state index in [1.165, 1.54) is 11.0 Å². The molecule has 0 fully saturated rings. The number of hydrogen-bond donors (Lipinski definition) is 0. The minimum absolute atomic E-state index is 0.0196. The van der Waals surface area contributed by atoms with Crippen molar-refractivity contribution in [3.05, 3.63) is 50.5 Å². The van der Waals surface area contributed by atoms with Gasteiger partial charge in [0, 0.05) is 24.7 Å². The van der Waals surface area contributed by atoms with Crippen LogP contribution in [0.15, 0.2) is 24.8 Å². The standard InChI is InChI=1S/C12H12Cl2N2O3/c1-3-5-15(4-2)12(17)8-6-9(13)11(14)10(7-8)16(18)19/h3,6-7H,1,4-5H2,2H3. The number of benzene rings is 1. The number of hydrogen-bond acceptors (Lipinski definition) is 3. The SMILES string of the molecule is C=CCN(CC)C(=O)c1cc(Cl)c(Cl)c([N+](=O)[O-])c1. The van der Waals surface area contributed by atoms with Crippen molar-refractivity contribution in [2.75, 3.05) is 13.1 Å². The van der Waals surface area contributed by atoms with E-state index >= 15 is 0 Å². The third-order valence-electron chi connectivity index (χ3n) is 2.47. The first-order chi connectivity index (χ1) is 8.92. The number of nitro benzene ring substituents is 1. The van der Waals surface area contributed by atoms with Gasteiger partial charge in [0.1, 0.15) is 5.02 Å². The van der Waals surface area contributed by atoms with E-state index in [9.17, 15) is 14.9 Å². The number of nitro groups is 1. The first-order valence-electron chi connectivity index (χ1n) is 5.46. The molecular weight excluding hydrogens is 291 g/mol. The summed E-state index contributed by atoms with van der Waals surface area (Å²) >= 11 is 11.5. The second-order valence-corrected chi connectivity index (χ2v) is 4.47. The summed E-state index contributed by atoms with van der Waals surface area (Å²) in [5.74, 6) is -0.357. The van der Waals surface area contributed by atoms with Gasteiger partial charge in [-0.2, -0.15) is 0 Å². The molecule has 5 nitrogen and oxygen atoms in total. The van der Waals surface area contributed by atoms with Crippen LogP contribution < -0.4 is 0 Å². The Hall–Kier alpha value is -1.59. The highest BCUT2D eigenvalue weighted by molar-refractivity contribution is 6.43. The molecule has 1 amide bonds. The van der Waals surface area contributed by atoms with Crippen molar-refractivity contribution >= 4 is 34.8 Å². The van der Waals surface area contributed by atoms with Crippen molar-refractivity contribution in [1.29, 1.82) is 0 Å². The summed E-state index contributed by atoms with van der Waals surface area (Å²) in [7, 11) is 0. The van der Waals surface area contributed by atoms with Crippen molar-refractivity contribution in [3.63, 3.8) is 0 Å². The molecule has 0 saturated carbocycles. The Morgan fingerprint density at radius 2 is 2.16 bits per heavy atom. The Morgan fingerprint density at radius 1 is 1.53 bits per heavy atom. The maximum Gasteiger partial charge on any atom is 0.290 e. The minimum Gasteiger partial charge on any atom is -0.335 e. The second-order valence-electron chi connectivity index (χ2n) is 3.68. The molecule has 0 N–H and O–H groups in total. The zero-order valence-corrected chi connectivity index (χ0v) is 11.7. The zero-order chi connectivity index (χ0) is 14.6. The molecule has 19 heavy (non-hydrogen) atoms. The van der Waals surface area contributed by atoms with Crippen molar-refractivity contribution < 1.29 is 9.72 Å². The first kappa shape index (κ1) is 15.5. The maximum atomic E-state index is 12.2. The van der Waals surface area contributed by atoms with Gasteiger partial charge >= 0.3 is 0 Å². The highest BCUT2D eigenvalue weighted by atomic mass is 35.5. The smallest absolute Gasteiger partial charge is 0.290 e. The van der Waals surface area contributed by atoms with Crippen LogP contribution in [0.3, 0.4) is 0 Å². The highest BCUT2D eigenvalue weighted by Gasteiger charge is 2.22. The predicted octanol–water partition coefficient (Wildman–Crippen LogP) is 3.55. The quantitative estimate of drug-likeness (QED) is 0.475. The summed E-state index contributed by atoms with van der Waals surface area (Å²) < 4.78 is 0. The first-order valence-corrected chi connectivity index (χ1v) is 6.21. The average molecular weight is 303 g/mol. The second kappa shape index (κ2) is 6.54. The number of nitrogens with zero attached hydrogens (tertiary/aromatic N) is 2. The van der Waals surface area contributed by atoms with Gasteiger partial charge in [-0.1, -0.05) is 29.3 Å². The van der Waals surface area contributed by atoms with Crippen LogP contribution in [0.25, 0.3) is 0 Å². The van der Waals surface area contributed by atoms with Crippen LogP contribution >= 0.6 is 23.2 Å². The van der Waals surface area contributed by atoms with Gasteiger partial charge in [-0.05, 0) is 13.0 Å². The molecule has 0 aromatic heterocycles. The van der Waals surface area contributed by atoms with Crippen molar-refractivity contribution in [1.82, 2.24) is 4.90 Å². The molecule has 102 valence electrons. The third-order valence-corrected chi connectivity index (χ3v) is 3.26. The van der Waals surface area contributed by atoms with E-state index in [2.05, 4.69) is 6.58 Å². The van der Waals surface area contributed by atoms with Gasteiger partial charge < -0.3 is 4.90 Å². The number of likely N-dealkylation sites (N-methyl/N-ethyl adjacent to an activating group) is 1. The number of amides is 1. The molecule has 0 aliphatic carbocycles. The summed E-state index contributed by atoms with van der Waals surface area (Å²) in [6.45, 7) is 6.16. The molecule has 0 saturated heterocycles. The molecule has 0 aliphatic rings. The van der Waals surface area contributed by atoms with Gasteiger partial charge in [0.15, 0.2) is 0 Å². The zero-order valence-electron chi connectivity index (χ0n) is 10.2. The van der Waals surface area contributed by atoms with Gasteiger partial charge in [0.05, 0.1) is 9.95 Å². The molecule has 0 unspecified atom stereocenters. The number of rotatable bonds is 5. The lowest BCUT2D eigenvalue weighted by Gasteiger charge is -2.19. The number of halogens is 2. The Labute approximate surface area is 120 Å². The fourth-order valence-corrected chi connectivity index (χ4v) is 1.92. The van der Waals surface area contributed by atoms with E-state index in [0.29, 0.717) is 13.1 Å². The van der Waals surface area contributed by atoms with Crippen molar-refractivity contribution in [2.24, 2.45) is 0 Å². The normalized spacial score (nSPS) is 10.1. The van der Waals surface area contributed by atoms with Gasteiger partial charge in [-0.25, -0.2) is 0 Å². The van der Waals surface area contributed by atoms with Gasteiger partial charge in [0.25, 0.3) is 11.6 Å². The highest BCUT2D eigenvalue weighted by Crippen LogP contribution is 2.33. The van der Waals surface area contributed by atoms with E-state index in [1.807, 2.05) is 0 Å². The lowest BCUT2D eigenvalue weighted by molar-refractivity contribution is -0.384. The van der Waals surface area contributed by atoms with Gasteiger partial charge in [0.2, 0.25) is 0 Å². The Bertz CT molecular complexity index is 532. The van der Waals surface area contributed by atoms with Crippen LogP contribution in [0, 0.1) is 10.1 Å². The molecule has 1 aromatic rings. The Kier molecular flexibility index (Phi) is 5.32. The molecule has 0 radical (unpaired) electrons. The fourth-order valence-electron chi connectivity index (χ4n) is 1.52. The van der Waals surface area contributed by atoms with E-state index in [4.69, 9.17) is 23.2 Å². The average Bonchev–Trinajstić information content (AvgIpc) is 2.37. The summed E-state index contributed by atoms with van der Waals surface area (Å²) in [6.07, 6.45) is 1.58. The summed E-state index contributed by atoms with van der Waals surface area (Å²) in [5, 5.41) is 10.6. The minimum atomic E-state index is -0.672. The summed E-state index contributed by atoms with van der Waals surface area (Å²) in [4.78, 5) is 23.8. The fraction of sp³-hybridized carbons (Fsp3) is 0.250. The number of carbonyl (C=O) groups excluding carboxylic acids is 1. The summed E-state index contributed by atoms with van der Waals surface area (Å²) in [6, 6.07) is 2.45. The van der Waals surface area contributed by atoms with Crippen LogP contribution in [0.1, 0.15) is 17.3 Å². The summed E-state index contributed by atoms with van der Waals surface area (Å²) in [5.41, 5.74) is -0.253. The number of carbonyl (C=O) groups is 1. The van der Waals surface area contributed by atoms with E-state index in [-0.39, 0.29) is 27.2 Å². The largest absolute Gasteiger partial charge is 0.335 e. The van der Waals surface area contributed by atoms with Crippen LogP contribution in [-0.2, 0) is 0 Å². The molecular formula is C12H12Cl2N2O3. The molecule has 1 aromatic carbocycles. The van der Waals surface area contributed by atoms with Crippen LogP contribution in [0.2, 0.25) is 10.0 Å². The topological polar surface area (TPSA) is 63.5 Å². The van der Waals surface area contributed by atoms with Crippen LogP contribution in [0.5, 0.6) is 0 Å². The molecule has 0 heterocycles. The third kappa shape index (κ3) is 3.45. The van der Waals surface area contributed by atoms with Crippen LogP contribution in [0.4, 0.5) is 5.69 Å². The maximum absolute atomic E-state index is 12.2. The van der Waals surface area contributed by atoms with Gasteiger partial charge in [-0.15, -0.1) is 6.58 Å².